The average molecular weight is 321 g/mol. The molecular formula is C14H9ClN2O3S. The van der Waals surface area contributed by atoms with Crippen molar-refractivity contribution in [3.8, 4) is 22.2 Å². The van der Waals surface area contributed by atoms with Crippen molar-refractivity contribution in [2.45, 2.75) is 0 Å². The van der Waals surface area contributed by atoms with Crippen LogP contribution in [0.3, 0.4) is 0 Å². The first-order valence-corrected chi connectivity index (χ1v) is 7.20. The molecule has 5 nitrogen and oxygen atoms in total. The molecule has 0 atom stereocenters. The zero-order chi connectivity index (χ0) is 14.8. The summed E-state index contributed by atoms with van der Waals surface area (Å²) in [5, 5.41) is 6.36. The van der Waals surface area contributed by atoms with Gasteiger partial charge in [-0.15, -0.1) is 11.3 Å². The Bertz CT molecular complexity index is 780. The molecule has 0 bridgehead atoms. The molecule has 3 aromatic rings. The summed E-state index contributed by atoms with van der Waals surface area (Å²) in [4.78, 5) is 16.4. The molecule has 21 heavy (non-hydrogen) atoms. The van der Waals surface area contributed by atoms with Crippen LogP contribution in [-0.4, -0.2) is 23.2 Å². The highest BCUT2D eigenvalue weighted by molar-refractivity contribution is 7.14. The van der Waals surface area contributed by atoms with E-state index >= 15 is 0 Å². The molecule has 2 aromatic heterocycles. The van der Waals surface area contributed by atoms with Gasteiger partial charge < -0.3 is 9.26 Å². The van der Waals surface area contributed by atoms with Gasteiger partial charge in [0, 0.05) is 5.56 Å². The molecule has 0 aliphatic heterocycles. The maximum Gasteiger partial charge on any atom is 0.337 e. The van der Waals surface area contributed by atoms with Crippen LogP contribution in [0.1, 0.15) is 10.4 Å². The Kier molecular flexibility index (Phi) is 3.72. The Morgan fingerprint density at radius 2 is 2.05 bits per heavy atom. The van der Waals surface area contributed by atoms with Gasteiger partial charge in [-0.05, 0) is 23.6 Å². The maximum absolute atomic E-state index is 11.4. The third kappa shape index (κ3) is 2.68. The summed E-state index contributed by atoms with van der Waals surface area (Å²) in [5.74, 6) is 0.425. The van der Waals surface area contributed by atoms with Crippen molar-refractivity contribution in [1.29, 1.82) is 0 Å². The van der Waals surface area contributed by atoms with E-state index in [1.165, 1.54) is 18.4 Å². The molecule has 0 radical (unpaired) electrons. The standard InChI is InChI=1S/C14H9ClN2O3S/c1-19-14(18)9-4-2-8(3-5-9)12-16-13(20-17-12)11-10(15)6-7-21-11/h2-7H,1H3. The summed E-state index contributed by atoms with van der Waals surface area (Å²) in [5.41, 5.74) is 1.21. The van der Waals surface area contributed by atoms with E-state index in [9.17, 15) is 4.79 Å². The minimum Gasteiger partial charge on any atom is -0.465 e. The van der Waals surface area contributed by atoms with Crippen molar-refractivity contribution in [1.82, 2.24) is 10.1 Å². The van der Waals surface area contributed by atoms with Gasteiger partial charge in [0.1, 0.15) is 4.88 Å². The van der Waals surface area contributed by atoms with Crippen molar-refractivity contribution in [3.63, 3.8) is 0 Å². The number of aromatic nitrogens is 2. The minimum atomic E-state index is -0.388. The number of carbonyl (C=O) groups is 1. The van der Waals surface area contributed by atoms with E-state index in [2.05, 4.69) is 14.9 Å². The highest BCUT2D eigenvalue weighted by Gasteiger charge is 2.15. The number of esters is 1. The van der Waals surface area contributed by atoms with Crippen LogP contribution >= 0.6 is 22.9 Å². The van der Waals surface area contributed by atoms with E-state index in [1.54, 1.807) is 30.3 Å². The van der Waals surface area contributed by atoms with Crippen LogP contribution in [0.5, 0.6) is 0 Å². The van der Waals surface area contributed by atoms with E-state index in [4.69, 9.17) is 16.1 Å². The number of thiophene rings is 1. The summed E-state index contributed by atoms with van der Waals surface area (Å²) in [6.07, 6.45) is 0. The number of nitrogens with zero attached hydrogens (tertiary/aromatic N) is 2. The molecule has 0 fully saturated rings. The highest BCUT2D eigenvalue weighted by atomic mass is 35.5. The second-order valence-corrected chi connectivity index (χ2v) is 5.41. The molecule has 0 spiro atoms. The van der Waals surface area contributed by atoms with Gasteiger partial charge in [-0.25, -0.2) is 4.79 Å². The van der Waals surface area contributed by atoms with E-state index < -0.39 is 0 Å². The summed E-state index contributed by atoms with van der Waals surface area (Å²) in [7, 11) is 1.34. The predicted octanol–water partition coefficient (Wildman–Crippen LogP) is 3.91. The molecule has 0 aliphatic rings. The van der Waals surface area contributed by atoms with Crippen LogP contribution in [0.4, 0.5) is 0 Å². The largest absolute Gasteiger partial charge is 0.465 e. The van der Waals surface area contributed by atoms with Gasteiger partial charge in [0.15, 0.2) is 0 Å². The number of rotatable bonds is 3. The van der Waals surface area contributed by atoms with Gasteiger partial charge in [0.2, 0.25) is 5.82 Å². The summed E-state index contributed by atoms with van der Waals surface area (Å²) < 4.78 is 9.86. The Labute approximate surface area is 129 Å². The smallest absolute Gasteiger partial charge is 0.337 e. The van der Waals surface area contributed by atoms with Crippen LogP contribution in [-0.2, 0) is 4.74 Å². The van der Waals surface area contributed by atoms with Crippen molar-refractivity contribution in [2.75, 3.05) is 7.11 Å². The van der Waals surface area contributed by atoms with Crippen LogP contribution in [0.25, 0.3) is 22.2 Å². The van der Waals surface area contributed by atoms with Gasteiger partial charge in [-0.3, -0.25) is 0 Å². The Balaban J connectivity index is 1.90. The van der Waals surface area contributed by atoms with E-state index in [1.807, 2.05) is 5.38 Å². The second kappa shape index (κ2) is 5.67. The zero-order valence-corrected chi connectivity index (χ0v) is 12.4. The molecular weight excluding hydrogens is 312 g/mol. The highest BCUT2D eigenvalue weighted by Crippen LogP contribution is 2.33. The van der Waals surface area contributed by atoms with Gasteiger partial charge in [0.25, 0.3) is 5.89 Å². The van der Waals surface area contributed by atoms with Crippen LogP contribution in [0.2, 0.25) is 5.02 Å². The number of benzene rings is 1. The number of ether oxygens (including phenoxy) is 1. The van der Waals surface area contributed by atoms with Gasteiger partial charge >= 0.3 is 5.97 Å². The average Bonchev–Trinajstić information content (AvgIpc) is 3.15. The molecule has 0 N–H and O–H groups in total. The fourth-order valence-electron chi connectivity index (χ4n) is 1.75. The molecule has 3 rings (SSSR count). The topological polar surface area (TPSA) is 65.2 Å². The summed E-state index contributed by atoms with van der Waals surface area (Å²) in [6.45, 7) is 0. The molecule has 0 amide bonds. The summed E-state index contributed by atoms with van der Waals surface area (Å²) >= 11 is 7.46. The Morgan fingerprint density at radius 3 is 2.67 bits per heavy atom. The number of carbonyl (C=O) groups excluding carboxylic acids is 1. The zero-order valence-electron chi connectivity index (χ0n) is 10.9. The van der Waals surface area contributed by atoms with Crippen molar-refractivity contribution in [3.05, 3.63) is 46.3 Å². The molecule has 2 heterocycles. The number of halogens is 1. The predicted molar refractivity (Wildman–Crippen MR) is 79.4 cm³/mol. The number of hydrogen-bond donors (Lipinski definition) is 0. The molecule has 0 saturated carbocycles. The lowest BCUT2D eigenvalue weighted by molar-refractivity contribution is 0.0601. The number of hydrogen-bond acceptors (Lipinski definition) is 6. The van der Waals surface area contributed by atoms with E-state index in [0.717, 1.165) is 10.4 Å². The first-order chi connectivity index (χ1) is 10.2. The van der Waals surface area contributed by atoms with Gasteiger partial charge in [-0.2, -0.15) is 4.98 Å². The second-order valence-electron chi connectivity index (χ2n) is 4.09. The first-order valence-electron chi connectivity index (χ1n) is 5.95. The van der Waals surface area contributed by atoms with Crippen molar-refractivity contribution < 1.29 is 14.1 Å². The van der Waals surface area contributed by atoms with Crippen LogP contribution in [0.15, 0.2) is 40.2 Å². The third-order valence-corrected chi connectivity index (χ3v) is 4.13. The van der Waals surface area contributed by atoms with Gasteiger partial charge in [0.05, 0.1) is 17.7 Å². The SMILES string of the molecule is COC(=O)c1ccc(-c2noc(-c3sccc3Cl)n2)cc1. The minimum absolute atomic E-state index is 0.377. The molecule has 7 heteroatoms. The monoisotopic (exact) mass is 320 g/mol. The fraction of sp³-hybridized carbons (Fsp3) is 0.0714. The lowest BCUT2D eigenvalue weighted by Crippen LogP contribution is -2.00. The maximum atomic E-state index is 11.4. The quantitative estimate of drug-likeness (QED) is 0.685. The molecule has 106 valence electrons. The van der Waals surface area contributed by atoms with Crippen LogP contribution in [0, 0.1) is 0 Å². The molecule has 0 unspecified atom stereocenters. The first kappa shape index (κ1) is 13.8. The normalized spacial score (nSPS) is 10.6. The van der Waals surface area contributed by atoms with E-state index in [0.29, 0.717) is 22.3 Å². The lowest BCUT2D eigenvalue weighted by Gasteiger charge is -1.99. The van der Waals surface area contributed by atoms with Gasteiger partial charge in [-0.1, -0.05) is 28.9 Å². The number of methoxy groups -OCH3 is 1. The summed E-state index contributed by atoms with van der Waals surface area (Å²) in [6, 6.07) is 8.54. The van der Waals surface area contributed by atoms with Crippen molar-refractivity contribution in [2.24, 2.45) is 0 Å². The fourth-order valence-corrected chi connectivity index (χ4v) is 2.81. The Morgan fingerprint density at radius 1 is 1.29 bits per heavy atom. The van der Waals surface area contributed by atoms with Crippen molar-refractivity contribution >= 4 is 28.9 Å². The molecule has 0 aliphatic carbocycles. The molecule has 0 saturated heterocycles. The van der Waals surface area contributed by atoms with Crippen LogP contribution < -0.4 is 0 Å². The van der Waals surface area contributed by atoms with E-state index in [-0.39, 0.29) is 5.97 Å². The Hall–Kier alpha value is -2.18. The molecule has 1 aromatic carbocycles. The lowest BCUT2D eigenvalue weighted by atomic mass is 10.1. The third-order valence-electron chi connectivity index (χ3n) is 2.80.